The van der Waals surface area contributed by atoms with Crippen LogP contribution in [0.1, 0.15) is 61.7 Å². The molecule has 2 aliphatic rings. The fraction of sp³-hybridized carbons (Fsp3) is 0.619. The summed E-state index contributed by atoms with van der Waals surface area (Å²) in [6.45, 7) is 2.63. The zero-order chi connectivity index (χ0) is 20.6. The monoisotopic (exact) mass is 403 g/mol. The van der Waals surface area contributed by atoms with Crippen LogP contribution in [-0.4, -0.2) is 54.5 Å². The molecule has 2 saturated heterocycles. The summed E-state index contributed by atoms with van der Waals surface area (Å²) in [5.41, 5.74) is 0.633. The molecule has 2 heterocycles. The molecule has 3 rings (SSSR count). The van der Waals surface area contributed by atoms with Gasteiger partial charge in [-0.3, -0.25) is 14.9 Å². The van der Waals surface area contributed by atoms with Crippen LogP contribution in [0.15, 0.2) is 18.2 Å². The molecule has 1 aromatic carbocycles. The third-order valence-corrected chi connectivity index (χ3v) is 5.64. The third kappa shape index (κ3) is 5.68. The highest BCUT2D eigenvalue weighted by Gasteiger charge is 2.24. The molecule has 1 aromatic rings. The Morgan fingerprint density at radius 1 is 0.931 bits per heavy atom. The van der Waals surface area contributed by atoms with Crippen molar-refractivity contribution >= 4 is 23.3 Å². The van der Waals surface area contributed by atoms with Crippen LogP contribution in [0.2, 0.25) is 0 Å². The second-order valence-electron chi connectivity index (χ2n) is 7.73. The fourth-order valence-electron chi connectivity index (χ4n) is 4.00. The number of amides is 1. The van der Waals surface area contributed by atoms with Crippen LogP contribution in [0.25, 0.3) is 0 Å². The number of carbonyl (C=O) groups is 2. The molecule has 2 fully saturated rings. The minimum atomic E-state index is -0.685. The van der Waals surface area contributed by atoms with Crippen LogP contribution in [0.5, 0.6) is 0 Å². The molecule has 0 aliphatic carbocycles. The summed E-state index contributed by atoms with van der Waals surface area (Å²) in [4.78, 5) is 39.7. The van der Waals surface area contributed by atoms with Gasteiger partial charge in [0.2, 0.25) is 0 Å². The number of benzene rings is 1. The Hall–Kier alpha value is -2.64. The first-order chi connectivity index (χ1) is 14.1. The molecule has 0 saturated carbocycles. The van der Waals surface area contributed by atoms with E-state index in [0.29, 0.717) is 18.8 Å². The quantitative estimate of drug-likeness (QED) is 0.424. The van der Waals surface area contributed by atoms with Crippen LogP contribution in [-0.2, 0) is 9.53 Å². The highest BCUT2D eigenvalue weighted by molar-refractivity contribution is 5.97. The topological polar surface area (TPSA) is 93.0 Å². The Morgan fingerprint density at radius 2 is 1.52 bits per heavy atom. The van der Waals surface area contributed by atoms with E-state index in [2.05, 4.69) is 4.90 Å². The molecule has 8 heteroatoms. The lowest BCUT2D eigenvalue weighted by molar-refractivity contribution is -0.384. The number of esters is 1. The maximum Gasteiger partial charge on any atom is 0.341 e. The van der Waals surface area contributed by atoms with Crippen LogP contribution in [0, 0.1) is 10.1 Å². The predicted octanol–water partition coefficient (Wildman–Crippen LogP) is 3.53. The first-order valence-corrected chi connectivity index (χ1v) is 10.5. The molecule has 0 aromatic heterocycles. The van der Waals surface area contributed by atoms with Gasteiger partial charge in [-0.25, -0.2) is 4.79 Å². The summed E-state index contributed by atoms with van der Waals surface area (Å²) in [6.07, 6.45) is 8.49. The molecule has 0 spiro atoms. The summed E-state index contributed by atoms with van der Waals surface area (Å²) in [5, 5.41) is 11.2. The molecule has 0 unspecified atom stereocenters. The van der Waals surface area contributed by atoms with E-state index in [1.165, 1.54) is 18.6 Å². The van der Waals surface area contributed by atoms with Gasteiger partial charge in [0.05, 0.1) is 16.2 Å². The van der Waals surface area contributed by atoms with Gasteiger partial charge in [-0.05, 0) is 38.2 Å². The van der Waals surface area contributed by atoms with Crippen molar-refractivity contribution in [2.75, 3.05) is 37.7 Å². The van der Waals surface area contributed by atoms with Crippen LogP contribution < -0.4 is 4.90 Å². The van der Waals surface area contributed by atoms with Gasteiger partial charge in [-0.2, -0.15) is 0 Å². The summed E-state index contributed by atoms with van der Waals surface area (Å²) in [7, 11) is 0. The Labute approximate surface area is 171 Å². The number of nitro benzene ring substituents is 1. The van der Waals surface area contributed by atoms with E-state index in [1.54, 1.807) is 11.0 Å². The van der Waals surface area contributed by atoms with Crippen LogP contribution >= 0.6 is 0 Å². The van der Waals surface area contributed by atoms with Crippen molar-refractivity contribution in [2.45, 2.75) is 51.4 Å². The molecular formula is C21H29N3O5. The van der Waals surface area contributed by atoms with Gasteiger partial charge in [-0.1, -0.05) is 19.3 Å². The van der Waals surface area contributed by atoms with Gasteiger partial charge < -0.3 is 14.5 Å². The molecule has 0 radical (unpaired) electrons. The normalized spacial score (nSPS) is 17.9. The fourth-order valence-corrected chi connectivity index (χ4v) is 4.00. The second kappa shape index (κ2) is 10.2. The zero-order valence-corrected chi connectivity index (χ0v) is 16.8. The van der Waals surface area contributed by atoms with Crippen molar-refractivity contribution in [1.82, 2.24) is 4.90 Å². The zero-order valence-electron chi connectivity index (χ0n) is 16.8. The Morgan fingerprint density at radius 3 is 2.17 bits per heavy atom. The number of nitro groups is 1. The van der Waals surface area contributed by atoms with Gasteiger partial charge in [0, 0.05) is 38.3 Å². The first-order valence-electron chi connectivity index (χ1n) is 10.5. The average Bonchev–Trinajstić information content (AvgIpc) is 2.71. The van der Waals surface area contributed by atoms with Crippen molar-refractivity contribution < 1.29 is 19.2 Å². The van der Waals surface area contributed by atoms with E-state index in [4.69, 9.17) is 4.74 Å². The van der Waals surface area contributed by atoms with Gasteiger partial charge >= 0.3 is 5.97 Å². The van der Waals surface area contributed by atoms with Crippen molar-refractivity contribution in [1.29, 1.82) is 0 Å². The molecule has 1 amide bonds. The minimum Gasteiger partial charge on any atom is -0.452 e. The van der Waals surface area contributed by atoms with Gasteiger partial charge in [0.1, 0.15) is 0 Å². The average molecular weight is 403 g/mol. The molecular weight excluding hydrogens is 374 g/mol. The summed E-state index contributed by atoms with van der Waals surface area (Å²) >= 11 is 0. The third-order valence-electron chi connectivity index (χ3n) is 5.64. The van der Waals surface area contributed by atoms with E-state index < -0.39 is 10.9 Å². The number of rotatable bonds is 5. The lowest BCUT2D eigenvalue weighted by Gasteiger charge is -2.30. The number of hydrogen-bond acceptors (Lipinski definition) is 6. The van der Waals surface area contributed by atoms with Gasteiger partial charge in [0.25, 0.3) is 11.6 Å². The van der Waals surface area contributed by atoms with E-state index in [9.17, 15) is 19.7 Å². The summed E-state index contributed by atoms with van der Waals surface area (Å²) in [6, 6.07) is 4.28. The summed E-state index contributed by atoms with van der Waals surface area (Å²) < 4.78 is 5.30. The number of ether oxygens (including phenoxy) is 1. The van der Waals surface area contributed by atoms with Gasteiger partial charge in [0.15, 0.2) is 6.61 Å². The smallest absolute Gasteiger partial charge is 0.341 e. The highest BCUT2D eigenvalue weighted by atomic mass is 16.6. The van der Waals surface area contributed by atoms with Crippen molar-refractivity contribution in [3.63, 3.8) is 0 Å². The van der Waals surface area contributed by atoms with Crippen LogP contribution in [0.3, 0.4) is 0 Å². The Kier molecular flexibility index (Phi) is 7.43. The minimum absolute atomic E-state index is 0.154. The maximum absolute atomic E-state index is 12.8. The predicted molar refractivity (Wildman–Crippen MR) is 109 cm³/mol. The van der Waals surface area contributed by atoms with Crippen LogP contribution in [0.4, 0.5) is 11.4 Å². The molecule has 158 valence electrons. The standard InChI is InChI=1S/C21H29N3O5/c25-20(23-13-5-2-1-3-6-14-23)16-29-21(26)18-15-17(24(27)28)9-10-19(18)22-11-7-4-8-12-22/h9-10,15H,1-8,11-14,16H2. The second-order valence-corrected chi connectivity index (χ2v) is 7.73. The van der Waals surface area contributed by atoms with E-state index in [0.717, 1.165) is 58.0 Å². The number of nitrogens with zero attached hydrogens (tertiary/aromatic N) is 3. The first kappa shape index (κ1) is 21.1. The van der Waals surface area contributed by atoms with Crippen molar-refractivity contribution in [3.05, 3.63) is 33.9 Å². The largest absolute Gasteiger partial charge is 0.452 e. The Bertz CT molecular complexity index is 738. The lowest BCUT2D eigenvalue weighted by atomic mass is 10.1. The lowest BCUT2D eigenvalue weighted by Crippen LogP contribution is -2.37. The molecule has 0 N–H and O–H groups in total. The van der Waals surface area contributed by atoms with E-state index in [-0.39, 0.29) is 23.8 Å². The Balaban J connectivity index is 1.70. The molecule has 0 bridgehead atoms. The number of likely N-dealkylation sites (tertiary alicyclic amines) is 1. The van der Waals surface area contributed by atoms with E-state index >= 15 is 0 Å². The number of carbonyl (C=O) groups excluding carboxylic acids is 2. The summed E-state index contributed by atoms with van der Waals surface area (Å²) in [5.74, 6) is -0.889. The van der Waals surface area contributed by atoms with Crippen molar-refractivity contribution in [2.24, 2.45) is 0 Å². The highest BCUT2D eigenvalue weighted by Crippen LogP contribution is 2.28. The number of non-ortho nitro benzene ring substituents is 1. The number of piperidine rings is 1. The van der Waals surface area contributed by atoms with Gasteiger partial charge in [-0.15, -0.1) is 0 Å². The SMILES string of the molecule is O=C(OCC(=O)N1CCCCCCC1)c1cc([N+](=O)[O-])ccc1N1CCCCC1. The number of hydrogen-bond donors (Lipinski definition) is 0. The van der Waals surface area contributed by atoms with Crippen molar-refractivity contribution in [3.8, 4) is 0 Å². The molecule has 0 atom stereocenters. The molecule has 8 nitrogen and oxygen atoms in total. The molecule has 29 heavy (non-hydrogen) atoms. The maximum atomic E-state index is 12.8. The molecule has 2 aliphatic heterocycles. The number of anilines is 1. The van der Waals surface area contributed by atoms with E-state index in [1.807, 2.05) is 0 Å².